The maximum Gasteiger partial charge on any atom is 0.351 e. The Balaban J connectivity index is 1.53. The number of benzene rings is 2. The van der Waals surface area contributed by atoms with Crippen LogP contribution in [0, 0.1) is 11.6 Å². The summed E-state index contributed by atoms with van der Waals surface area (Å²) in [6.45, 7) is -0.784. The molecule has 0 unspecified atom stereocenters. The van der Waals surface area contributed by atoms with Crippen molar-refractivity contribution < 1.29 is 32.6 Å². The first-order valence-corrected chi connectivity index (χ1v) is 7.33. The molecule has 0 aliphatic carbocycles. The van der Waals surface area contributed by atoms with Gasteiger partial charge in [0.05, 0.1) is 0 Å². The van der Waals surface area contributed by atoms with Crippen molar-refractivity contribution in [2.24, 2.45) is 0 Å². The average Bonchev–Trinajstić information content (AvgIpc) is 2.62. The molecule has 6 nitrogen and oxygen atoms in total. The molecule has 0 radical (unpaired) electrons. The van der Waals surface area contributed by atoms with Crippen LogP contribution in [0.1, 0.15) is 0 Å². The number of hydrogen-bond acceptors (Lipinski definition) is 5. The Kier molecular flexibility index (Phi) is 4.78. The van der Waals surface area contributed by atoms with E-state index in [0.717, 1.165) is 12.1 Å². The van der Waals surface area contributed by atoms with Crippen LogP contribution in [-0.2, 0) is 14.3 Å². The first-order valence-electron chi connectivity index (χ1n) is 7.33. The number of ether oxygens (including phenoxy) is 3. The fourth-order valence-corrected chi connectivity index (χ4v) is 2.16. The van der Waals surface area contributed by atoms with Crippen molar-refractivity contribution in [1.29, 1.82) is 0 Å². The fourth-order valence-electron chi connectivity index (χ4n) is 2.16. The lowest BCUT2D eigenvalue weighted by Crippen LogP contribution is -2.39. The first-order chi connectivity index (χ1) is 12.0. The van der Waals surface area contributed by atoms with Crippen molar-refractivity contribution in [3.63, 3.8) is 0 Å². The zero-order valence-corrected chi connectivity index (χ0v) is 12.8. The number of amides is 1. The summed E-state index contributed by atoms with van der Waals surface area (Å²) >= 11 is 0. The normalized spacial score (nSPS) is 15.4. The van der Waals surface area contributed by atoms with Gasteiger partial charge in [-0.15, -0.1) is 0 Å². The van der Waals surface area contributed by atoms with E-state index in [1.807, 2.05) is 5.32 Å². The summed E-state index contributed by atoms with van der Waals surface area (Å²) in [5.41, 5.74) is -0.602. The summed E-state index contributed by atoms with van der Waals surface area (Å²) in [6, 6.07) is 9.94. The molecular formula is C17H13F2NO5. The topological polar surface area (TPSA) is 73.9 Å². The van der Waals surface area contributed by atoms with Gasteiger partial charge in [0.25, 0.3) is 5.91 Å². The number of para-hydroxylation sites is 3. The Morgan fingerprint density at radius 2 is 1.76 bits per heavy atom. The minimum absolute atomic E-state index is 0.0700. The van der Waals surface area contributed by atoms with E-state index in [-0.39, 0.29) is 6.61 Å². The van der Waals surface area contributed by atoms with Crippen molar-refractivity contribution in [3.8, 4) is 11.5 Å². The molecule has 1 amide bonds. The van der Waals surface area contributed by atoms with Crippen LogP contribution in [0.5, 0.6) is 11.5 Å². The minimum atomic E-state index is -1.03. The smallest absolute Gasteiger partial charge is 0.351 e. The molecular weight excluding hydrogens is 336 g/mol. The maximum absolute atomic E-state index is 13.4. The number of anilines is 1. The Labute approximate surface area is 141 Å². The highest BCUT2D eigenvalue weighted by molar-refractivity contribution is 5.93. The van der Waals surface area contributed by atoms with Gasteiger partial charge in [-0.25, -0.2) is 13.6 Å². The Morgan fingerprint density at radius 1 is 1.08 bits per heavy atom. The molecule has 0 aromatic heterocycles. The molecule has 2 aromatic rings. The van der Waals surface area contributed by atoms with Gasteiger partial charge in [-0.3, -0.25) is 4.79 Å². The lowest BCUT2D eigenvalue weighted by atomic mass is 10.2. The van der Waals surface area contributed by atoms with E-state index in [1.165, 1.54) is 6.07 Å². The highest BCUT2D eigenvalue weighted by atomic mass is 19.1. The van der Waals surface area contributed by atoms with E-state index >= 15 is 0 Å². The van der Waals surface area contributed by atoms with Crippen molar-refractivity contribution in [2.45, 2.75) is 6.10 Å². The number of carbonyl (C=O) groups excluding carboxylic acids is 2. The largest absolute Gasteiger partial charge is 0.485 e. The monoisotopic (exact) mass is 349 g/mol. The number of rotatable bonds is 4. The highest BCUT2D eigenvalue weighted by Crippen LogP contribution is 2.31. The fraction of sp³-hybridized carbons (Fsp3) is 0.176. The van der Waals surface area contributed by atoms with Crippen LogP contribution in [0.2, 0.25) is 0 Å². The predicted molar refractivity (Wildman–Crippen MR) is 82.3 cm³/mol. The van der Waals surface area contributed by atoms with E-state index in [2.05, 4.69) is 0 Å². The van der Waals surface area contributed by atoms with Crippen molar-refractivity contribution in [1.82, 2.24) is 0 Å². The van der Waals surface area contributed by atoms with Crippen LogP contribution < -0.4 is 14.8 Å². The van der Waals surface area contributed by atoms with Crippen LogP contribution in [0.3, 0.4) is 0 Å². The number of esters is 1. The summed E-state index contributed by atoms with van der Waals surface area (Å²) in [4.78, 5) is 23.7. The van der Waals surface area contributed by atoms with Gasteiger partial charge in [-0.2, -0.15) is 0 Å². The average molecular weight is 349 g/mol. The summed E-state index contributed by atoms with van der Waals surface area (Å²) in [6.07, 6.45) is -1.03. The van der Waals surface area contributed by atoms with Gasteiger partial charge >= 0.3 is 5.97 Å². The second-order valence-corrected chi connectivity index (χ2v) is 5.12. The SMILES string of the molecule is O=C(COC(=O)[C@@H]1COc2ccccc2O1)Nc1c(F)cccc1F. The molecule has 0 spiro atoms. The van der Waals surface area contributed by atoms with Gasteiger partial charge in [-0.1, -0.05) is 18.2 Å². The van der Waals surface area contributed by atoms with E-state index in [1.54, 1.807) is 24.3 Å². The molecule has 8 heteroatoms. The van der Waals surface area contributed by atoms with Crippen molar-refractivity contribution in [3.05, 3.63) is 54.1 Å². The summed E-state index contributed by atoms with van der Waals surface area (Å²) in [5.74, 6) is -2.68. The van der Waals surface area contributed by atoms with Crippen LogP contribution in [0.25, 0.3) is 0 Å². The van der Waals surface area contributed by atoms with Crippen molar-refractivity contribution in [2.75, 3.05) is 18.5 Å². The lowest BCUT2D eigenvalue weighted by Gasteiger charge is -2.24. The standard InChI is InChI=1S/C17H13F2NO5/c18-10-4-3-5-11(19)16(10)20-15(21)9-24-17(22)14-8-23-12-6-1-2-7-13(12)25-14/h1-7,14H,8-9H2,(H,20,21)/t14-/m0/s1. The molecule has 1 N–H and O–H groups in total. The number of carbonyl (C=O) groups is 2. The molecule has 0 bridgehead atoms. The molecule has 0 fully saturated rings. The third-order valence-electron chi connectivity index (χ3n) is 3.34. The van der Waals surface area contributed by atoms with E-state index in [4.69, 9.17) is 14.2 Å². The van der Waals surface area contributed by atoms with Crippen molar-refractivity contribution >= 4 is 17.6 Å². The van der Waals surface area contributed by atoms with E-state index in [0.29, 0.717) is 11.5 Å². The van der Waals surface area contributed by atoms with Gasteiger partial charge in [0, 0.05) is 0 Å². The number of fused-ring (bicyclic) bond motifs is 1. The van der Waals surface area contributed by atoms with E-state index < -0.39 is 41.9 Å². The van der Waals surface area contributed by atoms with Crippen LogP contribution in [-0.4, -0.2) is 31.2 Å². The third-order valence-corrected chi connectivity index (χ3v) is 3.34. The van der Waals surface area contributed by atoms with Crippen LogP contribution in [0.15, 0.2) is 42.5 Å². The molecule has 25 heavy (non-hydrogen) atoms. The zero-order valence-electron chi connectivity index (χ0n) is 12.8. The maximum atomic E-state index is 13.4. The highest BCUT2D eigenvalue weighted by Gasteiger charge is 2.29. The zero-order chi connectivity index (χ0) is 17.8. The number of halogens is 2. The molecule has 3 rings (SSSR count). The molecule has 0 saturated carbocycles. The Bertz CT molecular complexity index is 791. The second-order valence-electron chi connectivity index (χ2n) is 5.12. The van der Waals surface area contributed by atoms with E-state index in [9.17, 15) is 18.4 Å². The molecule has 2 aromatic carbocycles. The summed E-state index contributed by atoms with van der Waals surface area (Å²) < 4.78 is 42.5. The van der Waals surface area contributed by atoms with Gasteiger partial charge < -0.3 is 19.5 Å². The number of hydrogen-bond donors (Lipinski definition) is 1. The molecule has 1 aliphatic rings. The summed E-state index contributed by atoms with van der Waals surface area (Å²) in [5, 5.41) is 2.01. The Hall–Kier alpha value is -3.16. The van der Waals surface area contributed by atoms with Crippen LogP contribution in [0.4, 0.5) is 14.5 Å². The molecule has 1 heterocycles. The molecule has 130 valence electrons. The van der Waals surface area contributed by atoms with Gasteiger partial charge in [0.15, 0.2) is 18.1 Å². The number of nitrogens with one attached hydrogen (secondary N) is 1. The van der Waals surface area contributed by atoms with Crippen LogP contribution >= 0.6 is 0 Å². The van der Waals surface area contributed by atoms with Gasteiger partial charge in [-0.05, 0) is 24.3 Å². The predicted octanol–water partition coefficient (Wildman–Crippen LogP) is 2.29. The molecule has 1 atom stereocenters. The quantitative estimate of drug-likeness (QED) is 0.858. The second kappa shape index (κ2) is 7.16. The molecule has 1 aliphatic heterocycles. The third kappa shape index (κ3) is 3.85. The lowest BCUT2D eigenvalue weighted by molar-refractivity contribution is -0.156. The Morgan fingerprint density at radius 3 is 2.48 bits per heavy atom. The first kappa shape index (κ1) is 16.7. The van der Waals surface area contributed by atoms with Gasteiger partial charge in [0.2, 0.25) is 6.10 Å². The van der Waals surface area contributed by atoms with Gasteiger partial charge in [0.1, 0.15) is 23.9 Å². The summed E-state index contributed by atoms with van der Waals surface area (Å²) in [7, 11) is 0. The minimum Gasteiger partial charge on any atom is -0.485 e. The molecule has 0 saturated heterocycles.